The molecule has 0 bridgehead atoms. The van der Waals surface area contributed by atoms with Crippen LogP contribution in [0, 0.1) is 0 Å². The number of aromatic amines is 2. The molecule has 7 nitrogen and oxygen atoms in total. The van der Waals surface area contributed by atoms with Gasteiger partial charge >= 0.3 is 5.69 Å². The van der Waals surface area contributed by atoms with Crippen LogP contribution in [0.4, 0.5) is 0 Å². The zero-order valence-electron chi connectivity index (χ0n) is 9.20. The van der Waals surface area contributed by atoms with E-state index in [4.69, 9.17) is 0 Å². The van der Waals surface area contributed by atoms with Crippen molar-refractivity contribution in [1.82, 2.24) is 25.4 Å². The summed E-state index contributed by atoms with van der Waals surface area (Å²) in [4.78, 5) is 27.0. The molecule has 2 N–H and O–H groups in total. The summed E-state index contributed by atoms with van der Waals surface area (Å²) in [5.74, 6) is 0. The van der Waals surface area contributed by atoms with E-state index in [1.165, 1.54) is 12.3 Å². The van der Waals surface area contributed by atoms with Crippen LogP contribution >= 0.6 is 0 Å². The topological polar surface area (TPSA) is 104 Å². The van der Waals surface area contributed by atoms with Gasteiger partial charge < -0.3 is 4.98 Å². The third-order valence-electron chi connectivity index (χ3n) is 2.03. The Bertz CT molecular complexity index is 732. The third-order valence-corrected chi connectivity index (χ3v) is 2.03. The van der Waals surface area contributed by atoms with Crippen molar-refractivity contribution in [2.24, 2.45) is 0 Å². The Balaban J connectivity index is 0.000000149. The number of benzene rings is 1. The lowest BCUT2D eigenvalue weighted by molar-refractivity contribution is 0.840. The summed E-state index contributed by atoms with van der Waals surface area (Å²) >= 11 is 0. The largest absolute Gasteiger partial charge is 0.345 e. The molecule has 0 radical (unpaired) electrons. The fourth-order valence-corrected chi connectivity index (χ4v) is 1.25. The highest BCUT2D eigenvalue weighted by Gasteiger charge is 1.90. The van der Waals surface area contributed by atoms with Crippen molar-refractivity contribution in [3.05, 3.63) is 63.6 Å². The lowest BCUT2D eigenvalue weighted by atomic mass is 10.2. The van der Waals surface area contributed by atoms with Crippen molar-refractivity contribution in [2.75, 3.05) is 0 Å². The standard InChI is InChI=1S/C8H6N2O.C3H3N3O/c11-8-9-5-6-3-1-2-4-7(6)10-8;7-3-1-2-4-6-5-3/h1-5H,(H,9,10,11);1-2H,(H,4,5,7). The lowest BCUT2D eigenvalue weighted by Crippen LogP contribution is -2.07. The Morgan fingerprint density at radius 2 is 1.89 bits per heavy atom. The maximum Gasteiger partial charge on any atom is 0.345 e. The fourth-order valence-electron chi connectivity index (χ4n) is 1.25. The summed E-state index contributed by atoms with van der Waals surface area (Å²) in [7, 11) is 0. The molecule has 0 aliphatic heterocycles. The van der Waals surface area contributed by atoms with Crippen LogP contribution in [0.3, 0.4) is 0 Å². The van der Waals surface area contributed by atoms with Gasteiger partial charge in [0.1, 0.15) is 0 Å². The Kier molecular flexibility index (Phi) is 3.55. The highest BCUT2D eigenvalue weighted by Crippen LogP contribution is 2.05. The van der Waals surface area contributed by atoms with Gasteiger partial charge in [-0.2, -0.15) is 0 Å². The third kappa shape index (κ3) is 3.08. The molecule has 0 aliphatic carbocycles. The monoisotopic (exact) mass is 243 g/mol. The van der Waals surface area contributed by atoms with Gasteiger partial charge in [0.15, 0.2) is 0 Å². The Hall–Kier alpha value is -2.83. The number of hydrogen-bond acceptors (Lipinski definition) is 5. The normalized spacial score (nSPS) is 9.56. The molecule has 0 amide bonds. The molecule has 3 aromatic rings. The predicted octanol–water partition coefficient (Wildman–Crippen LogP) is 0.0880. The van der Waals surface area contributed by atoms with E-state index in [0.29, 0.717) is 0 Å². The number of nitrogens with zero attached hydrogens (tertiary/aromatic N) is 3. The van der Waals surface area contributed by atoms with Crippen molar-refractivity contribution in [1.29, 1.82) is 0 Å². The zero-order valence-corrected chi connectivity index (χ0v) is 9.20. The minimum absolute atomic E-state index is 0.227. The van der Waals surface area contributed by atoms with Crippen LogP contribution in [0.1, 0.15) is 0 Å². The van der Waals surface area contributed by atoms with Crippen LogP contribution in [-0.4, -0.2) is 25.4 Å². The van der Waals surface area contributed by atoms with Crippen molar-refractivity contribution in [3.8, 4) is 0 Å². The average Bonchev–Trinajstić information content (AvgIpc) is 2.40. The van der Waals surface area contributed by atoms with Crippen LogP contribution < -0.4 is 11.2 Å². The van der Waals surface area contributed by atoms with E-state index in [1.807, 2.05) is 24.3 Å². The van der Waals surface area contributed by atoms with Gasteiger partial charge in [-0.3, -0.25) is 4.79 Å². The molecule has 0 unspecified atom stereocenters. The molecule has 18 heavy (non-hydrogen) atoms. The molecule has 0 aliphatic rings. The number of rotatable bonds is 0. The maximum atomic E-state index is 10.7. The quantitative estimate of drug-likeness (QED) is 0.582. The number of fused-ring (bicyclic) bond motifs is 1. The average molecular weight is 243 g/mol. The molecular weight excluding hydrogens is 234 g/mol. The van der Waals surface area contributed by atoms with E-state index in [1.54, 1.807) is 6.20 Å². The molecule has 0 saturated carbocycles. The second kappa shape index (κ2) is 5.48. The molecule has 1 aromatic carbocycles. The molecule has 0 saturated heterocycles. The van der Waals surface area contributed by atoms with Gasteiger partial charge in [-0.05, 0) is 6.07 Å². The van der Waals surface area contributed by atoms with Gasteiger partial charge in [0, 0.05) is 17.6 Å². The van der Waals surface area contributed by atoms with Gasteiger partial charge in [-0.1, -0.05) is 23.4 Å². The summed E-state index contributed by atoms with van der Waals surface area (Å²) in [6, 6.07) is 8.82. The van der Waals surface area contributed by atoms with Crippen LogP contribution in [0.25, 0.3) is 10.9 Å². The summed E-state index contributed by atoms with van der Waals surface area (Å²) in [5, 5.41) is 9.60. The Morgan fingerprint density at radius 1 is 1.06 bits per heavy atom. The van der Waals surface area contributed by atoms with E-state index >= 15 is 0 Å². The Labute approximate surface area is 101 Å². The van der Waals surface area contributed by atoms with E-state index in [9.17, 15) is 9.59 Å². The predicted molar refractivity (Wildman–Crippen MR) is 65.0 cm³/mol. The van der Waals surface area contributed by atoms with E-state index < -0.39 is 0 Å². The van der Waals surface area contributed by atoms with Crippen LogP contribution in [0.5, 0.6) is 0 Å². The second-order valence-corrected chi connectivity index (χ2v) is 3.28. The first-order valence-electron chi connectivity index (χ1n) is 5.06. The van der Waals surface area contributed by atoms with E-state index in [0.717, 1.165) is 10.9 Å². The smallest absolute Gasteiger partial charge is 0.305 e. The molecular formula is C11H9N5O2. The molecule has 2 heterocycles. The minimum atomic E-state index is -0.302. The zero-order chi connectivity index (χ0) is 12.8. The first-order chi connectivity index (χ1) is 8.75. The molecule has 3 rings (SSSR count). The minimum Gasteiger partial charge on any atom is -0.305 e. The number of nitrogens with one attached hydrogen (secondary N) is 2. The number of aromatic nitrogens is 5. The van der Waals surface area contributed by atoms with Crippen LogP contribution in [-0.2, 0) is 0 Å². The van der Waals surface area contributed by atoms with Gasteiger partial charge in [-0.25, -0.2) is 14.9 Å². The first kappa shape index (κ1) is 11.6. The molecule has 2 aromatic heterocycles. The van der Waals surface area contributed by atoms with Gasteiger partial charge in [-0.15, -0.1) is 5.10 Å². The summed E-state index contributed by atoms with van der Waals surface area (Å²) in [5.41, 5.74) is 0.297. The maximum absolute atomic E-state index is 10.7. The molecule has 7 heteroatoms. The second-order valence-electron chi connectivity index (χ2n) is 3.28. The molecule has 0 spiro atoms. The van der Waals surface area contributed by atoms with Crippen LogP contribution in [0.2, 0.25) is 0 Å². The molecule has 0 atom stereocenters. The fraction of sp³-hybridized carbons (Fsp3) is 0. The van der Waals surface area contributed by atoms with E-state index in [2.05, 4.69) is 25.4 Å². The van der Waals surface area contributed by atoms with Gasteiger partial charge in [0.05, 0.1) is 11.7 Å². The molecule has 90 valence electrons. The highest BCUT2D eigenvalue weighted by molar-refractivity contribution is 5.76. The SMILES string of the molecule is O=c1ccnn[nH]1.O=c1ncc2ccccc2[nH]1. The summed E-state index contributed by atoms with van der Waals surface area (Å²) in [6.07, 6.45) is 2.90. The summed E-state index contributed by atoms with van der Waals surface area (Å²) < 4.78 is 0. The number of hydrogen-bond donors (Lipinski definition) is 2. The van der Waals surface area contributed by atoms with Gasteiger partial charge in [0.2, 0.25) is 0 Å². The van der Waals surface area contributed by atoms with E-state index in [-0.39, 0.29) is 11.2 Å². The molecule has 0 fully saturated rings. The van der Waals surface area contributed by atoms with Crippen LogP contribution in [0.15, 0.2) is 52.3 Å². The first-order valence-corrected chi connectivity index (χ1v) is 5.06. The van der Waals surface area contributed by atoms with Crippen molar-refractivity contribution in [2.45, 2.75) is 0 Å². The van der Waals surface area contributed by atoms with Crippen molar-refractivity contribution >= 4 is 10.9 Å². The Morgan fingerprint density at radius 3 is 2.56 bits per heavy atom. The number of para-hydroxylation sites is 1. The lowest BCUT2D eigenvalue weighted by Gasteiger charge is -1.92. The van der Waals surface area contributed by atoms with Crippen molar-refractivity contribution in [3.63, 3.8) is 0 Å². The van der Waals surface area contributed by atoms with Gasteiger partial charge in [0.25, 0.3) is 5.56 Å². The number of H-pyrrole nitrogens is 2. The highest BCUT2D eigenvalue weighted by atomic mass is 16.1. The summed E-state index contributed by atoms with van der Waals surface area (Å²) in [6.45, 7) is 0. The van der Waals surface area contributed by atoms with Crippen molar-refractivity contribution < 1.29 is 0 Å².